The van der Waals surface area contributed by atoms with Gasteiger partial charge in [-0.3, -0.25) is 4.79 Å². The number of nitrogens with one attached hydrogen (secondary N) is 1. The van der Waals surface area contributed by atoms with Gasteiger partial charge < -0.3 is 5.32 Å². The van der Waals surface area contributed by atoms with E-state index in [4.69, 9.17) is 0 Å². The molecule has 0 aromatic heterocycles. The van der Waals surface area contributed by atoms with Gasteiger partial charge in [-0.05, 0) is 30.0 Å². The molecule has 0 aliphatic carbocycles. The average Bonchev–Trinajstić information content (AvgIpc) is 2.79. The molecule has 0 heterocycles. The van der Waals surface area contributed by atoms with Gasteiger partial charge >= 0.3 is 0 Å². The van der Waals surface area contributed by atoms with Gasteiger partial charge in [-0.1, -0.05) is 80.1 Å². The van der Waals surface area contributed by atoms with Crippen LogP contribution in [0.25, 0.3) is 11.6 Å². The first-order valence-corrected chi connectivity index (χ1v) is 10.2. The zero-order chi connectivity index (χ0) is 24.3. The highest BCUT2D eigenvalue weighted by molar-refractivity contribution is 5.97. The largest absolute Gasteiger partial charge is 0.321 e. The van der Waals surface area contributed by atoms with E-state index >= 15 is 0 Å². The van der Waals surface area contributed by atoms with Gasteiger partial charge in [0.2, 0.25) is 11.7 Å². The number of benzene rings is 3. The fraction of sp³-hybridized carbons (Fsp3) is 0.192. The molecule has 0 spiro atoms. The van der Waals surface area contributed by atoms with Gasteiger partial charge in [0.25, 0.3) is 0 Å². The third kappa shape index (κ3) is 5.30. The van der Waals surface area contributed by atoms with Crippen molar-refractivity contribution in [2.45, 2.75) is 27.2 Å². The standard InChI is InChI=1S/C26H22F5NO/c1-15-9-11-17(12-10-15)18(13-16-7-5-4-6-8-16)14-26(2,3)25(33)32-24-22(30)20(28)19(27)21(29)23(24)31/h4-13H,14H2,1-3H3,(H,32,33)/b18-13-. The maximum Gasteiger partial charge on any atom is 0.230 e. The van der Waals surface area contributed by atoms with Crippen LogP contribution in [0.4, 0.5) is 27.6 Å². The van der Waals surface area contributed by atoms with Crippen LogP contribution < -0.4 is 5.32 Å². The van der Waals surface area contributed by atoms with E-state index < -0.39 is 46.1 Å². The van der Waals surface area contributed by atoms with Gasteiger partial charge in [0.1, 0.15) is 5.69 Å². The molecule has 3 aromatic rings. The lowest BCUT2D eigenvalue weighted by Crippen LogP contribution is -2.32. The molecule has 0 saturated carbocycles. The van der Waals surface area contributed by atoms with E-state index in [1.165, 1.54) is 13.8 Å². The Labute approximate surface area is 188 Å². The molecule has 2 nitrogen and oxygen atoms in total. The molecule has 7 heteroatoms. The number of allylic oxidation sites excluding steroid dienone is 1. The number of aryl methyl sites for hydroxylation is 1. The summed E-state index contributed by atoms with van der Waals surface area (Å²) >= 11 is 0. The first-order valence-electron chi connectivity index (χ1n) is 10.2. The molecule has 0 radical (unpaired) electrons. The third-order valence-electron chi connectivity index (χ3n) is 5.26. The third-order valence-corrected chi connectivity index (χ3v) is 5.26. The molecule has 1 amide bonds. The molecule has 1 N–H and O–H groups in total. The second-order valence-corrected chi connectivity index (χ2v) is 8.41. The maximum atomic E-state index is 14.1. The summed E-state index contributed by atoms with van der Waals surface area (Å²) in [5, 5.41) is 1.89. The minimum Gasteiger partial charge on any atom is -0.321 e. The van der Waals surface area contributed by atoms with Crippen molar-refractivity contribution in [1.82, 2.24) is 0 Å². The number of rotatable bonds is 6. The van der Waals surface area contributed by atoms with Crippen molar-refractivity contribution in [3.63, 3.8) is 0 Å². The van der Waals surface area contributed by atoms with Crippen molar-refractivity contribution < 1.29 is 26.7 Å². The van der Waals surface area contributed by atoms with Crippen LogP contribution in [-0.2, 0) is 4.79 Å². The molecule has 0 aliphatic heterocycles. The Morgan fingerprint density at radius 3 is 1.88 bits per heavy atom. The highest BCUT2D eigenvalue weighted by Gasteiger charge is 2.33. The minimum atomic E-state index is -2.28. The molecule has 0 fully saturated rings. The lowest BCUT2D eigenvalue weighted by atomic mass is 9.81. The van der Waals surface area contributed by atoms with Gasteiger partial charge in [-0.2, -0.15) is 0 Å². The fourth-order valence-electron chi connectivity index (χ4n) is 3.31. The van der Waals surface area contributed by atoms with Crippen molar-refractivity contribution in [2.75, 3.05) is 5.32 Å². The summed E-state index contributed by atoms with van der Waals surface area (Å²) in [6.07, 6.45) is 2.02. The minimum absolute atomic E-state index is 0.131. The summed E-state index contributed by atoms with van der Waals surface area (Å²) in [4.78, 5) is 12.9. The number of amides is 1. The molecule has 0 bridgehead atoms. The van der Waals surface area contributed by atoms with Crippen LogP contribution in [0.5, 0.6) is 0 Å². The number of carbonyl (C=O) groups excluding carboxylic acids is 1. The van der Waals surface area contributed by atoms with E-state index in [1.807, 2.05) is 72.9 Å². The van der Waals surface area contributed by atoms with Crippen LogP contribution in [0.2, 0.25) is 0 Å². The van der Waals surface area contributed by atoms with Crippen LogP contribution in [0.15, 0.2) is 54.6 Å². The molecular weight excluding hydrogens is 437 g/mol. The van der Waals surface area contributed by atoms with Crippen molar-refractivity contribution in [2.24, 2.45) is 5.41 Å². The van der Waals surface area contributed by atoms with Gasteiger partial charge in [-0.25, -0.2) is 22.0 Å². The summed E-state index contributed by atoms with van der Waals surface area (Å²) in [6.45, 7) is 4.99. The van der Waals surface area contributed by atoms with Crippen LogP contribution in [-0.4, -0.2) is 5.91 Å². The Morgan fingerprint density at radius 1 is 0.818 bits per heavy atom. The van der Waals surface area contributed by atoms with E-state index in [0.717, 1.165) is 22.3 Å². The van der Waals surface area contributed by atoms with Crippen molar-refractivity contribution >= 4 is 23.2 Å². The highest BCUT2D eigenvalue weighted by Crippen LogP contribution is 2.35. The first-order chi connectivity index (χ1) is 15.5. The zero-order valence-electron chi connectivity index (χ0n) is 18.3. The molecular formula is C26H22F5NO. The molecule has 0 unspecified atom stereocenters. The Hall–Kier alpha value is -3.48. The summed E-state index contributed by atoms with van der Waals surface area (Å²) in [7, 11) is 0. The van der Waals surface area contributed by atoms with E-state index in [-0.39, 0.29) is 6.42 Å². The predicted molar refractivity (Wildman–Crippen MR) is 119 cm³/mol. The normalized spacial score (nSPS) is 12.1. The first kappa shape index (κ1) is 24.2. The number of halogens is 5. The summed E-state index contributed by atoms with van der Waals surface area (Å²) < 4.78 is 68.5. The lowest BCUT2D eigenvalue weighted by molar-refractivity contribution is -0.123. The fourth-order valence-corrected chi connectivity index (χ4v) is 3.31. The van der Waals surface area contributed by atoms with Crippen LogP contribution in [0.3, 0.4) is 0 Å². The maximum absolute atomic E-state index is 14.1. The Morgan fingerprint density at radius 2 is 1.33 bits per heavy atom. The SMILES string of the molecule is Cc1ccc(/C(=C\c2ccccc2)CC(C)(C)C(=O)Nc2c(F)c(F)c(F)c(F)c2F)cc1. The quantitative estimate of drug-likeness (QED) is 0.178. The predicted octanol–water partition coefficient (Wildman–Crippen LogP) is 7.29. The van der Waals surface area contributed by atoms with E-state index in [1.54, 1.807) is 0 Å². The molecule has 0 aliphatic rings. The van der Waals surface area contributed by atoms with Crippen LogP contribution >= 0.6 is 0 Å². The van der Waals surface area contributed by atoms with Crippen LogP contribution in [0, 0.1) is 41.4 Å². The summed E-state index contributed by atoms with van der Waals surface area (Å²) in [5.74, 6) is -11.6. The van der Waals surface area contributed by atoms with Gasteiger partial charge in [-0.15, -0.1) is 0 Å². The monoisotopic (exact) mass is 459 g/mol. The average molecular weight is 459 g/mol. The van der Waals surface area contributed by atoms with E-state index in [2.05, 4.69) is 0 Å². The van der Waals surface area contributed by atoms with E-state index in [9.17, 15) is 26.7 Å². The topological polar surface area (TPSA) is 29.1 Å². The van der Waals surface area contributed by atoms with Crippen molar-refractivity contribution in [3.8, 4) is 0 Å². The second kappa shape index (κ2) is 9.57. The number of hydrogen-bond acceptors (Lipinski definition) is 1. The summed E-state index contributed by atoms with van der Waals surface area (Å²) in [6, 6.07) is 17.0. The molecule has 33 heavy (non-hydrogen) atoms. The van der Waals surface area contributed by atoms with E-state index in [0.29, 0.717) is 0 Å². The van der Waals surface area contributed by atoms with Crippen LogP contribution in [0.1, 0.15) is 37.0 Å². The Bertz CT molecular complexity index is 1170. The van der Waals surface area contributed by atoms with Gasteiger partial charge in [0.15, 0.2) is 23.3 Å². The molecule has 3 rings (SSSR count). The van der Waals surface area contributed by atoms with Gasteiger partial charge in [0.05, 0.1) is 0 Å². The van der Waals surface area contributed by atoms with Gasteiger partial charge in [0, 0.05) is 5.41 Å². The Kier molecular flexibility index (Phi) is 7.01. The lowest BCUT2D eigenvalue weighted by Gasteiger charge is -2.26. The number of carbonyl (C=O) groups is 1. The summed E-state index contributed by atoms with van der Waals surface area (Å²) in [5.41, 5.74) is 0.894. The highest BCUT2D eigenvalue weighted by atomic mass is 19.2. The zero-order valence-corrected chi connectivity index (χ0v) is 18.3. The Balaban J connectivity index is 1.95. The number of anilines is 1. The smallest absolute Gasteiger partial charge is 0.230 e. The van der Waals surface area contributed by atoms with Crippen molar-refractivity contribution in [1.29, 1.82) is 0 Å². The molecule has 0 atom stereocenters. The second-order valence-electron chi connectivity index (χ2n) is 8.41. The number of hydrogen-bond donors (Lipinski definition) is 1. The molecule has 3 aromatic carbocycles. The van der Waals surface area contributed by atoms with Crippen molar-refractivity contribution in [3.05, 3.63) is 100 Å². The molecule has 172 valence electrons. The molecule has 0 saturated heterocycles.